The number of nitriles is 1. The van der Waals surface area contributed by atoms with E-state index in [1.54, 1.807) is 11.8 Å². The van der Waals surface area contributed by atoms with Gasteiger partial charge >= 0.3 is 0 Å². The van der Waals surface area contributed by atoms with E-state index in [1.165, 1.54) is 21.6 Å². The number of hydrogen-bond acceptors (Lipinski definition) is 5. The van der Waals surface area contributed by atoms with Crippen molar-refractivity contribution < 1.29 is 4.79 Å². The van der Waals surface area contributed by atoms with Gasteiger partial charge in [0.2, 0.25) is 0 Å². The summed E-state index contributed by atoms with van der Waals surface area (Å²) >= 11 is 5.44. The number of nitrogens with two attached hydrogens (primary N) is 1. The minimum absolute atomic E-state index is 0.101. The van der Waals surface area contributed by atoms with Crippen LogP contribution in [0.4, 0.5) is 5.69 Å². The average molecular weight is 585 g/mol. The molecule has 0 saturated carbocycles. The van der Waals surface area contributed by atoms with Gasteiger partial charge < -0.3 is 5.73 Å². The van der Waals surface area contributed by atoms with Gasteiger partial charge in [-0.2, -0.15) is 5.26 Å². The second kappa shape index (κ2) is 10.8. The van der Waals surface area contributed by atoms with Crippen LogP contribution in [0.25, 0.3) is 0 Å². The summed E-state index contributed by atoms with van der Waals surface area (Å²) in [5.74, 6) is 0.835. The number of halogens is 1. The summed E-state index contributed by atoms with van der Waals surface area (Å²) in [7, 11) is 0. The van der Waals surface area contributed by atoms with Gasteiger partial charge in [-0.15, -0.1) is 11.8 Å². The minimum Gasteiger partial charge on any atom is -0.384 e. The van der Waals surface area contributed by atoms with Crippen LogP contribution >= 0.6 is 27.7 Å². The normalized spacial score (nSPS) is 17.5. The van der Waals surface area contributed by atoms with E-state index in [1.807, 2.05) is 29.2 Å². The maximum Gasteiger partial charge on any atom is 0.161 e. The highest BCUT2D eigenvalue weighted by Crippen LogP contribution is 2.48. The molecule has 1 aliphatic heterocycles. The van der Waals surface area contributed by atoms with Crippen LogP contribution in [-0.2, 0) is 10.5 Å². The predicted octanol–water partition coefficient (Wildman–Crippen LogP) is 7.97. The molecule has 2 aliphatic rings. The molecular weight excluding hydrogens is 554 g/mol. The van der Waals surface area contributed by atoms with E-state index in [0.717, 1.165) is 45.6 Å². The largest absolute Gasteiger partial charge is 0.384 e. The second-order valence-electron chi connectivity index (χ2n) is 10.0. The summed E-state index contributed by atoms with van der Waals surface area (Å²) < 4.78 is 0.866. The van der Waals surface area contributed by atoms with Gasteiger partial charge in [-0.05, 0) is 96.1 Å². The molecule has 0 radical (unpaired) electrons. The number of aryl methyl sites for hydroxylation is 3. The van der Waals surface area contributed by atoms with Crippen LogP contribution in [-0.4, -0.2) is 5.78 Å². The minimum atomic E-state index is -0.467. The van der Waals surface area contributed by atoms with E-state index in [4.69, 9.17) is 5.73 Å². The number of carbonyl (C=O) groups is 1. The zero-order chi connectivity index (χ0) is 27.0. The summed E-state index contributed by atoms with van der Waals surface area (Å²) in [5, 5.41) is 10.4. The quantitative estimate of drug-likeness (QED) is 0.308. The Balaban J connectivity index is 1.63. The molecule has 192 valence electrons. The molecule has 0 fully saturated rings. The second-order valence-corrected chi connectivity index (χ2v) is 11.9. The van der Waals surface area contributed by atoms with Crippen molar-refractivity contribution in [2.75, 3.05) is 4.90 Å². The smallest absolute Gasteiger partial charge is 0.161 e. The van der Waals surface area contributed by atoms with Gasteiger partial charge in [-0.3, -0.25) is 9.69 Å². The number of rotatable bonds is 5. The molecule has 0 amide bonds. The van der Waals surface area contributed by atoms with Crippen molar-refractivity contribution in [1.82, 2.24) is 0 Å². The molecule has 4 nitrogen and oxygen atoms in total. The van der Waals surface area contributed by atoms with Crippen LogP contribution < -0.4 is 10.6 Å². The Kier molecular flexibility index (Phi) is 7.52. The molecule has 1 atom stereocenters. The summed E-state index contributed by atoms with van der Waals surface area (Å²) in [6.45, 7) is 6.29. The Morgan fingerprint density at radius 1 is 1.05 bits per heavy atom. The van der Waals surface area contributed by atoms with Gasteiger partial charge in [0.15, 0.2) is 5.78 Å². The van der Waals surface area contributed by atoms with Gasteiger partial charge in [-0.1, -0.05) is 42.0 Å². The van der Waals surface area contributed by atoms with Crippen molar-refractivity contribution in [3.63, 3.8) is 0 Å². The summed E-state index contributed by atoms with van der Waals surface area (Å²) in [6.07, 6.45) is 1.99. The Bertz CT molecular complexity index is 1530. The SMILES string of the molecule is Cc1ccc(SCc2cc(C3C(C#N)=C(N)N(c4ccccc4Br)C4=C3C(=O)CCC4)c(C)cc2C)cc1. The highest BCUT2D eigenvalue weighted by atomic mass is 79.9. The van der Waals surface area contributed by atoms with Crippen LogP contribution in [0.2, 0.25) is 0 Å². The standard InChI is InChI=1S/C32H30BrN3OS/c1-19-11-13-23(14-12-19)38-18-22-16-24(21(3)15-20(22)2)30-25(17-34)32(35)36(27-8-5-4-7-26(27)33)28-9-6-10-29(37)31(28)30/h4-5,7-8,11-16,30H,6,9-10,18,35H2,1-3H3. The van der Waals surface area contributed by atoms with Crippen molar-refractivity contribution in [1.29, 1.82) is 5.26 Å². The summed E-state index contributed by atoms with van der Waals surface area (Å²) in [4.78, 5) is 16.7. The van der Waals surface area contributed by atoms with Gasteiger partial charge in [0, 0.05) is 32.8 Å². The molecular formula is C32H30BrN3OS. The third-order valence-corrected chi connectivity index (χ3v) is 9.19. The van der Waals surface area contributed by atoms with Crippen molar-refractivity contribution in [3.05, 3.63) is 116 Å². The monoisotopic (exact) mass is 583 g/mol. The molecule has 1 aliphatic carbocycles. The number of anilines is 1. The molecule has 3 aromatic rings. The lowest BCUT2D eigenvalue weighted by Gasteiger charge is -2.40. The average Bonchev–Trinajstić information content (AvgIpc) is 2.89. The third-order valence-electron chi connectivity index (χ3n) is 7.46. The van der Waals surface area contributed by atoms with E-state index in [9.17, 15) is 10.1 Å². The lowest BCUT2D eigenvalue weighted by Crippen LogP contribution is -2.39. The topological polar surface area (TPSA) is 70.1 Å². The fourth-order valence-electron chi connectivity index (χ4n) is 5.48. The first-order valence-corrected chi connectivity index (χ1v) is 14.6. The fraction of sp³-hybridized carbons (Fsp3) is 0.250. The number of carbonyl (C=O) groups excluding carboxylic acids is 1. The Labute approximate surface area is 237 Å². The van der Waals surface area contributed by atoms with Crippen LogP contribution in [0.1, 0.15) is 53.0 Å². The molecule has 38 heavy (non-hydrogen) atoms. The summed E-state index contributed by atoms with van der Waals surface area (Å²) in [5.41, 5.74) is 15.4. The van der Waals surface area contributed by atoms with Gasteiger partial charge in [0.1, 0.15) is 5.82 Å². The van der Waals surface area contributed by atoms with E-state index in [-0.39, 0.29) is 5.78 Å². The first kappa shape index (κ1) is 26.3. The van der Waals surface area contributed by atoms with Crippen LogP contribution in [0.15, 0.2) is 92.7 Å². The maximum atomic E-state index is 13.6. The van der Waals surface area contributed by atoms with E-state index >= 15 is 0 Å². The van der Waals surface area contributed by atoms with Gasteiger partial charge in [0.05, 0.1) is 23.2 Å². The molecule has 0 aromatic heterocycles. The number of Topliss-reactive ketones (excluding diaryl/α,β-unsaturated/α-hetero) is 1. The lowest BCUT2D eigenvalue weighted by atomic mass is 9.74. The van der Waals surface area contributed by atoms with Gasteiger partial charge in [0.25, 0.3) is 0 Å². The summed E-state index contributed by atoms with van der Waals surface area (Å²) in [6, 6.07) is 23.1. The van der Waals surface area contributed by atoms with Crippen LogP contribution in [0, 0.1) is 32.1 Å². The van der Waals surface area contributed by atoms with Crippen LogP contribution in [0.3, 0.4) is 0 Å². The number of ketones is 1. The van der Waals surface area contributed by atoms with Crippen molar-refractivity contribution in [3.8, 4) is 6.07 Å². The molecule has 0 spiro atoms. The van der Waals surface area contributed by atoms with Crippen molar-refractivity contribution in [2.45, 2.75) is 56.6 Å². The van der Waals surface area contributed by atoms with E-state index in [2.05, 4.69) is 79.2 Å². The fourth-order valence-corrected chi connectivity index (χ4v) is 6.91. The van der Waals surface area contributed by atoms with Gasteiger partial charge in [-0.25, -0.2) is 0 Å². The first-order chi connectivity index (χ1) is 18.3. The number of para-hydroxylation sites is 1. The molecule has 3 aromatic carbocycles. The molecule has 5 rings (SSSR count). The highest BCUT2D eigenvalue weighted by Gasteiger charge is 2.41. The molecule has 0 bridgehead atoms. The molecule has 6 heteroatoms. The van der Waals surface area contributed by atoms with E-state index in [0.29, 0.717) is 23.4 Å². The van der Waals surface area contributed by atoms with E-state index < -0.39 is 5.92 Å². The Morgan fingerprint density at radius 3 is 2.50 bits per heavy atom. The number of nitrogens with zero attached hydrogens (tertiary/aromatic N) is 2. The number of benzene rings is 3. The Hall–Kier alpha value is -3.27. The molecule has 2 N–H and O–H groups in total. The number of thioether (sulfide) groups is 1. The maximum absolute atomic E-state index is 13.6. The van der Waals surface area contributed by atoms with Crippen LogP contribution in [0.5, 0.6) is 0 Å². The number of allylic oxidation sites excluding steroid dienone is 3. The number of hydrogen-bond donors (Lipinski definition) is 1. The molecule has 1 heterocycles. The highest BCUT2D eigenvalue weighted by molar-refractivity contribution is 9.10. The predicted molar refractivity (Wildman–Crippen MR) is 159 cm³/mol. The van der Waals surface area contributed by atoms with Crippen molar-refractivity contribution >= 4 is 39.2 Å². The first-order valence-electron chi connectivity index (χ1n) is 12.8. The third kappa shape index (κ3) is 4.81. The zero-order valence-electron chi connectivity index (χ0n) is 21.8. The Morgan fingerprint density at radius 2 is 1.79 bits per heavy atom. The van der Waals surface area contributed by atoms with Crippen molar-refractivity contribution in [2.24, 2.45) is 5.73 Å². The molecule has 1 unspecified atom stereocenters. The lowest BCUT2D eigenvalue weighted by molar-refractivity contribution is -0.116. The molecule has 0 saturated heterocycles. The zero-order valence-corrected chi connectivity index (χ0v) is 24.2.